The molecule has 0 amide bonds. The summed E-state index contributed by atoms with van der Waals surface area (Å²) < 4.78 is 26.4. The van der Waals surface area contributed by atoms with E-state index in [9.17, 15) is 8.42 Å². The highest BCUT2D eigenvalue weighted by molar-refractivity contribution is 7.90. The largest absolute Gasteiger partial charge is 0.318 e. The molecule has 0 aliphatic heterocycles. The van der Waals surface area contributed by atoms with Crippen LogP contribution in [0.3, 0.4) is 0 Å². The number of nitrogens with one attached hydrogen (secondary N) is 2. The van der Waals surface area contributed by atoms with Crippen molar-refractivity contribution in [2.45, 2.75) is 25.1 Å². The van der Waals surface area contributed by atoms with Gasteiger partial charge in [-0.1, -0.05) is 0 Å². The van der Waals surface area contributed by atoms with Crippen LogP contribution in [0.5, 0.6) is 0 Å². The average Bonchev–Trinajstić information content (AvgIpc) is 2.70. The first-order chi connectivity index (χ1) is 7.47. The van der Waals surface area contributed by atoms with Crippen LogP contribution in [0.2, 0.25) is 0 Å². The van der Waals surface area contributed by atoms with E-state index in [0.29, 0.717) is 6.54 Å². The van der Waals surface area contributed by atoms with E-state index in [1.807, 2.05) is 23.8 Å². The molecule has 0 aliphatic rings. The minimum absolute atomic E-state index is 0.171. The van der Waals surface area contributed by atoms with Gasteiger partial charge in [-0.05, 0) is 43.3 Å². The maximum absolute atomic E-state index is 11.9. The van der Waals surface area contributed by atoms with Crippen LogP contribution in [0.1, 0.15) is 25.5 Å². The molecular weight excluding hydrogens is 244 g/mol. The van der Waals surface area contributed by atoms with Crippen molar-refractivity contribution in [3.63, 3.8) is 0 Å². The first-order valence-electron chi connectivity index (χ1n) is 5.15. The summed E-state index contributed by atoms with van der Waals surface area (Å²) in [7, 11) is -1.51. The Kier molecular flexibility index (Phi) is 4.91. The molecule has 1 heterocycles. The second kappa shape index (κ2) is 5.77. The molecule has 1 aromatic rings. The quantitative estimate of drug-likeness (QED) is 0.813. The predicted octanol–water partition coefficient (Wildman–Crippen LogP) is 1.34. The molecule has 0 bridgehead atoms. The van der Waals surface area contributed by atoms with E-state index in [-0.39, 0.29) is 6.04 Å². The van der Waals surface area contributed by atoms with Gasteiger partial charge in [0.2, 0.25) is 10.0 Å². The second-order valence-corrected chi connectivity index (χ2v) is 6.72. The molecule has 0 spiro atoms. The average molecular weight is 262 g/mol. The van der Waals surface area contributed by atoms with E-state index in [0.717, 1.165) is 5.56 Å². The summed E-state index contributed by atoms with van der Waals surface area (Å²) in [6, 6.07) is 1.76. The molecule has 0 aliphatic carbocycles. The zero-order chi connectivity index (χ0) is 12.2. The number of hydrogen-bond donors (Lipinski definition) is 2. The summed E-state index contributed by atoms with van der Waals surface area (Å²) in [4.78, 5) is 0. The van der Waals surface area contributed by atoms with Crippen molar-refractivity contribution in [3.8, 4) is 0 Å². The normalized spacial score (nSPS) is 15.9. The fraction of sp³-hybridized carbons (Fsp3) is 0.600. The van der Waals surface area contributed by atoms with Crippen LogP contribution >= 0.6 is 11.3 Å². The van der Waals surface area contributed by atoms with E-state index in [2.05, 4.69) is 10.0 Å². The van der Waals surface area contributed by atoms with Gasteiger partial charge in [0, 0.05) is 12.6 Å². The lowest BCUT2D eigenvalue weighted by molar-refractivity contribution is 0.550. The second-order valence-electron chi connectivity index (χ2n) is 3.81. The van der Waals surface area contributed by atoms with E-state index >= 15 is 0 Å². The fourth-order valence-corrected chi connectivity index (χ4v) is 3.35. The van der Waals surface area contributed by atoms with Gasteiger partial charge >= 0.3 is 0 Å². The van der Waals surface area contributed by atoms with Gasteiger partial charge in [-0.2, -0.15) is 11.3 Å². The molecule has 0 radical (unpaired) electrons. The Hall–Kier alpha value is -0.430. The summed E-state index contributed by atoms with van der Waals surface area (Å²) in [5.74, 6) is 0. The molecule has 92 valence electrons. The molecule has 6 heteroatoms. The van der Waals surface area contributed by atoms with Crippen molar-refractivity contribution < 1.29 is 8.42 Å². The zero-order valence-corrected chi connectivity index (χ0v) is 11.4. The van der Waals surface area contributed by atoms with Gasteiger partial charge in [-0.15, -0.1) is 0 Å². The molecular formula is C10H18N2O2S2. The summed E-state index contributed by atoms with van der Waals surface area (Å²) in [6.45, 7) is 4.00. The maximum Gasteiger partial charge on any atom is 0.216 e. The van der Waals surface area contributed by atoms with Gasteiger partial charge < -0.3 is 5.32 Å². The van der Waals surface area contributed by atoms with Crippen LogP contribution in [0, 0.1) is 0 Å². The Labute approximate surface area is 101 Å². The highest BCUT2D eigenvalue weighted by atomic mass is 32.2. The van der Waals surface area contributed by atoms with Gasteiger partial charge in [-0.3, -0.25) is 0 Å². The smallest absolute Gasteiger partial charge is 0.216 e. The van der Waals surface area contributed by atoms with Crippen LogP contribution in [-0.4, -0.2) is 27.3 Å². The van der Waals surface area contributed by atoms with Gasteiger partial charge in [0.1, 0.15) is 0 Å². The van der Waals surface area contributed by atoms with E-state index in [1.54, 1.807) is 25.3 Å². The number of sulfonamides is 1. The van der Waals surface area contributed by atoms with Crippen molar-refractivity contribution in [1.82, 2.24) is 10.0 Å². The van der Waals surface area contributed by atoms with Gasteiger partial charge in [0.05, 0.1) is 5.25 Å². The Morgan fingerprint density at radius 1 is 1.44 bits per heavy atom. The Bertz CT molecular complexity index is 400. The summed E-state index contributed by atoms with van der Waals surface area (Å²) in [6.07, 6.45) is 0. The molecule has 0 saturated heterocycles. The molecule has 2 atom stereocenters. The van der Waals surface area contributed by atoms with Crippen LogP contribution in [0.4, 0.5) is 0 Å². The molecule has 2 N–H and O–H groups in total. The minimum Gasteiger partial charge on any atom is -0.318 e. The molecule has 1 aromatic heterocycles. The van der Waals surface area contributed by atoms with Crippen LogP contribution < -0.4 is 10.0 Å². The third kappa shape index (κ3) is 3.55. The SMILES string of the molecule is CNCC(C)S(=O)(=O)NC(C)c1ccsc1. The fourth-order valence-electron chi connectivity index (χ4n) is 1.35. The van der Waals surface area contributed by atoms with Crippen molar-refractivity contribution in [3.05, 3.63) is 22.4 Å². The third-order valence-corrected chi connectivity index (χ3v) is 5.02. The van der Waals surface area contributed by atoms with Gasteiger partial charge in [-0.25, -0.2) is 13.1 Å². The maximum atomic E-state index is 11.9. The summed E-state index contributed by atoms with van der Waals surface area (Å²) in [5.41, 5.74) is 1.00. The van der Waals surface area contributed by atoms with Crippen molar-refractivity contribution in [2.75, 3.05) is 13.6 Å². The van der Waals surface area contributed by atoms with Crippen LogP contribution in [0.15, 0.2) is 16.8 Å². The summed E-state index contributed by atoms with van der Waals surface area (Å²) in [5, 5.41) is 6.33. The molecule has 1 rings (SSSR count). The first kappa shape index (κ1) is 13.6. The molecule has 2 unspecified atom stereocenters. The molecule has 0 saturated carbocycles. The lowest BCUT2D eigenvalue weighted by Crippen LogP contribution is -2.39. The minimum atomic E-state index is -3.26. The van der Waals surface area contributed by atoms with Crippen molar-refractivity contribution in [2.24, 2.45) is 0 Å². The summed E-state index contributed by atoms with van der Waals surface area (Å²) >= 11 is 1.57. The Balaban J connectivity index is 2.66. The molecule has 0 aromatic carbocycles. The molecule has 4 nitrogen and oxygen atoms in total. The van der Waals surface area contributed by atoms with E-state index in [4.69, 9.17) is 0 Å². The first-order valence-corrected chi connectivity index (χ1v) is 7.64. The lowest BCUT2D eigenvalue weighted by atomic mass is 10.2. The Morgan fingerprint density at radius 2 is 2.12 bits per heavy atom. The van der Waals surface area contributed by atoms with E-state index in [1.165, 1.54) is 0 Å². The Morgan fingerprint density at radius 3 is 2.62 bits per heavy atom. The van der Waals surface area contributed by atoms with Crippen LogP contribution in [-0.2, 0) is 10.0 Å². The molecule has 16 heavy (non-hydrogen) atoms. The number of thiophene rings is 1. The standard InChI is InChI=1S/C10H18N2O2S2/c1-8(6-11-3)16(13,14)12-9(2)10-4-5-15-7-10/h4-5,7-9,11-12H,6H2,1-3H3. The van der Waals surface area contributed by atoms with Crippen LogP contribution in [0.25, 0.3) is 0 Å². The van der Waals surface area contributed by atoms with Gasteiger partial charge in [0.15, 0.2) is 0 Å². The highest BCUT2D eigenvalue weighted by Gasteiger charge is 2.22. The van der Waals surface area contributed by atoms with Gasteiger partial charge in [0.25, 0.3) is 0 Å². The monoisotopic (exact) mass is 262 g/mol. The number of hydrogen-bond acceptors (Lipinski definition) is 4. The highest BCUT2D eigenvalue weighted by Crippen LogP contribution is 2.17. The number of rotatable bonds is 6. The van der Waals surface area contributed by atoms with E-state index < -0.39 is 15.3 Å². The van der Waals surface area contributed by atoms with Crippen molar-refractivity contribution >= 4 is 21.4 Å². The van der Waals surface area contributed by atoms with Crippen molar-refractivity contribution in [1.29, 1.82) is 0 Å². The lowest BCUT2D eigenvalue weighted by Gasteiger charge is -2.17. The topological polar surface area (TPSA) is 58.2 Å². The zero-order valence-electron chi connectivity index (χ0n) is 9.73. The molecule has 0 fully saturated rings. The third-order valence-electron chi connectivity index (χ3n) is 2.41. The predicted molar refractivity (Wildman–Crippen MR) is 68.2 cm³/mol.